The van der Waals surface area contributed by atoms with Crippen LogP contribution in [0.4, 0.5) is 0 Å². The molecule has 0 aliphatic carbocycles. The van der Waals surface area contributed by atoms with E-state index in [-0.39, 0.29) is 19.6 Å². The third-order valence-corrected chi connectivity index (χ3v) is 6.03. The summed E-state index contributed by atoms with van der Waals surface area (Å²) < 4.78 is 21.4. The molecule has 10 heteroatoms. The molecule has 0 radical (unpaired) electrons. The van der Waals surface area contributed by atoms with E-state index in [9.17, 15) is 19.2 Å². The van der Waals surface area contributed by atoms with E-state index < -0.39 is 22.4 Å². The van der Waals surface area contributed by atoms with Crippen LogP contribution in [-0.2, 0) is 19.1 Å². The van der Waals surface area contributed by atoms with Crippen LogP contribution in [0.15, 0.2) is 48.5 Å². The first-order valence-corrected chi connectivity index (χ1v) is 13.8. The molecule has 8 nitrogen and oxygen atoms in total. The van der Waals surface area contributed by atoms with Crippen molar-refractivity contribution in [3.63, 3.8) is 0 Å². The van der Waals surface area contributed by atoms with E-state index in [4.69, 9.17) is 42.1 Å². The van der Waals surface area contributed by atoms with Crippen LogP contribution >= 0.6 is 23.2 Å². The van der Waals surface area contributed by atoms with E-state index in [1.165, 1.54) is 0 Å². The summed E-state index contributed by atoms with van der Waals surface area (Å²) in [7, 11) is 0. The molecular weight excluding hydrogens is 547 g/mol. The summed E-state index contributed by atoms with van der Waals surface area (Å²) in [6.07, 6.45) is 6.27. The van der Waals surface area contributed by atoms with Gasteiger partial charge in [-0.05, 0) is 123 Å². The normalized spacial score (nSPS) is 10.5. The number of carbonyl (C=O) groups is 4. The van der Waals surface area contributed by atoms with E-state index >= 15 is 0 Å². The Labute approximate surface area is 238 Å². The third-order valence-electron chi connectivity index (χ3n) is 5.59. The molecule has 0 unspecified atom stereocenters. The minimum Gasteiger partial charge on any atom is -0.494 e. The van der Waals surface area contributed by atoms with Gasteiger partial charge in [0.05, 0.1) is 26.4 Å². The van der Waals surface area contributed by atoms with Crippen LogP contribution in [0.3, 0.4) is 0 Å². The van der Waals surface area contributed by atoms with Gasteiger partial charge in [0.1, 0.15) is 17.9 Å². The summed E-state index contributed by atoms with van der Waals surface area (Å²) in [5.41, 5.74) is 0.850. The van der Waals surface area contributed by atoms with Crippen molar-refractivity contribution < 1.29 is 38.1 Å². The highest BCUT2D eigenvalue weighted by atomic mass is 35.5. The molecule has 39 heavy (non-hydrogen) atoms. The van der Waals surface area contributed by atoms with Crippen LogP contribution in [0.25, 0.3) is 0 Å². The number of carbonyl (C=O) groups excluding carboxylic acids is 4. The molecule has 0 fully saturated rings. The Balaban J connectivity index is 1.37. The van der Waals surface area contributed by atoms with E-state index in [2.05, 4.69) is 0 Å². The standard InChI is InChI=1S/C29H34Cl2O8/c30-28(34)22-9-13-24(14-10-22)36-17-5-1-3-7-19-38-26(32)21-27(33)39-20-8-4-2-6-18-37-25-15-11-23(12-16-25)29(31)35/h9-16H,1-8,17-21H2. The zero-order chi connectivity index (χ0) is 28.3. The molecule has 0 saturated carbocycles. The number of hydrogen-bond donors (Lipinski definition) is 0. The smallest absolute Gasteiger partial charge is 0.317 e. The number of benzene rings is 2. The molecule has 0 spiro atoms. The zero-order valence-electron chi connectivity index (χ0n) is 21.8. The van der Waals surface area contributed by atoms with Crippen molar-refractivity contribution in [1.82, 2.24) is 0 Å². The van der Waals surface area contributed by atoms with Crippen LogP contribution in [-0.4, -0.2) is 48.9 Å². The molecule has 0 N–H and O–H groups in total. The highest BCUT2D eigenvalue weighted by Gasteiger charge is 2.12. The quantitative estimate of drug-likeness (QED) is 0.0756. The number of rotatable bonds is 20. The maximum atomic E-state index is 11.8. The van der Waals surface area contributed by atoms with Gasteiger partial charge < -0.3 is 18.9 Å². The molecule has 0 aliphatic rings. The summed E-state index contributed by atoms with van der Waals surface area (Å²) >= 11 is 10.8. The minimum absolute atomic E-state index is 0.262. The lowest BCUT2D eigenvalue weighted by Gasteiger charge is -2.08. The molecule has 2 aromatic carbocycles. The molecule has 2 rings (SSSR count). The van der Waals surface area contributed by atoms with Crippen molar-refractivity contribution in [3.8, 4) is 11.5 Å². The lowest BCUT2D eigenvalue weighted by Crippen LogP contribution is -2.15. The number of halogens is 2. The number of esters is 2. The van der Waals surface area contributed by atoms with Crippen molar-refractivity contribution >= 4 is 45.6 Å². The molecule has 0 atom stereocenters. The minimum atomic E-state index is -0.581. The maximum Gasteiger partial charge on any atom is 0.317 e. The van der Waals surface area contributed by atoms with Crippen molar-refractivity contribution in [2.75, 3.05) is 26.4 Å². The van der Waals surface area contributed by atoms with Crippen LogP contribution in [0.2, 0.25) is 0 Å². The predicted molar refractivity (Wildman–Crippen MR) is 148 cm³/mol. The summed E-state index contributed by atoms with van der Waals surface area (Å²) in [4.78, 5) is 45.6. The molecule has 212 valence electrons. The topological polar surface area (TPSA) is 105 Å². The molecule has 0 heterocycles. The average Bonchev–Trinajstić information content (AvgIpc) is 2.92. The monoisotopic (exact) mass is 580 g/mol. The summed E-state index contributed by atoms with van der Waals surface area (Å²) in [5, 5.41) is -1.00. The van der Waals surface area contributed by atoms with Crippen molar-refractivity contribution in [2.45, 2.75) is 57.8 Å². The van der Waals surface area contributed by atoms with Gasteiger partial charge in [0.15, 0.2) is 0 Å². The van der Waals surface area contributed by atoms with E-state index in [0.29, 0.717) is 48.7 Å². The molecule has 0 amide bonds. The first-order valence-electron chi connectivity index (χ1n) is 13.0. The second-order valence-electron chi connectivity index (χ2n) is 8.74. The highest BCUT2D eigenvalue weighted by Crippen LogP contribution is 2.15. The average molecular weight is 581 g/mol. The van der Waals surface area contributed by atoms with Gasteiger partial charge in [-0.25, -0.2) is 0 Å². The van der Waals surface area contributed by atoms with Crippen LogP contribution < -0.4 is 9.47 Å². The predicted octanol–water partition coefficient (Wildman–Crippen LogP) is 6.50. The number of unbranched alkanes of at least 4 members (excludes halogenated alkanes) is 6. The number of hydrogen-bond acceptors (Lipinski definition) is 8. The van der Waals surface area contributed by atoms with Crippen LogP contribution in [0.1, 0.15) is 78.5 Å². The fraction of sp³-hybridized carbons (Fsp3) is 0.448. The second-order valence-corrected chi connectivity index (χ2v) is 9.43. The Morgan fingerprint density at radius 3 is 1.15 bits per heavy atom. The van der Waals surface area contributed by atoms with Gasteiger partial charge in [0.2, 0.25) is 0 Å². The lowest BCUT2D eigenvalue weighted by molar-refractivity contribution is -0.154. The van der Waals surface area contributed by atoms with E-state index in [1.807, 2.05) is 0 Å². The third kappa shape index (κ3) is 14.6. The fourth-order valence-corrected chi connectivity index (χ4v) is 3.70. The largest absolute Gasteiger partial charge is 0.494 e. The molecule has 2 aromatic rings. The van der Waals surface area contributed by atoms with E-state index in [1.54, 1.807) is 48.5 Å². The highest BCUT2D eigenvalue weighted by molar-refractivity contribution is 6.68. The van der Waals surface area contributed by atoms with Crippen molar-refractivity contribution in [1.29, 1.82) is 0 Å². The lowest BCUT2D eigenvalue weighted by atomic mass is 10.2. The second kappa shape index (κ2) is 19.0. The SMILES string of the molecule is O=C(CC(=O)OCCCCCCOc1ccc(C(=O)Cl)cc1)OCCCCCCOc1ccc(C(=O)Cl)cc1. The fourth-order valence-electron chi connectivity index (χ4n) is 3.45. The number of ether oxygens (including phenoxy) is 4. The van der Waals surface area contributed by atoms with Gasteiger partial charge in [-0.2, -0.15) is 0 Å². The van der Waals surface area contributed by atoms with Crippen LogP contribution in [0.5, 0.6) is 11.5 Å². The van der Waals surface area contributed by atoms with Crippen LogP contribution in [0, 0.1) is 0 Å². The van der Waals surface area contributed by atoms with E-state index in [0.717, 1.165) is 38.5 Å². The summed E-state index contributed by atoms with van der Waals surface area (Å²) in [5.74, 6) is 0.189. The molecule has 0 aromatic heterocycles. The Morgan fingerprint density at radius 2 is 0.821 bits per heavy atom. The van der Waals surface area contributed by atoms with Gasteiger partial charge in [-0.3, -0.25) is 19.2 Å². The Bertz CT molecular complexity index is 955. The molecule has 0 bridgehead atoms. The maximum absolute atomic E-state index is 11.8. The first-order chi connectivity index (χ1) is 18.8. The van der Waals surface area contributed by atoms with Gasteiger partial charge >= 0.3 is 11.9 Å². The van der Waals surface area contributed by atoms with Gasteiger partial charge in [0, 0.05) is 11.1 Å². The first kappa shape index (κ1) is 32.1. The van der Waals surface area contributed by atoms with Gasteiger partial charge in [-0.15, -0.1) is 0 Å². The van der Waals surface area contributed by atoms with Crippen molar-refractivity contribution in [2.24, 2.45) is 0 Å². The summed E-state index contributed by atoms with van der Waals surface area (Å²) in [6, 6.07) is 13.3. The molecule has 0 aliphatic heterocycles. The molecule has 0 saturated heterocycles. The Hall–Kier alpha value is -3.10. The Morgan fingerprint density at radius 1 is 0.487 bits per heavy atom. The zero-order valence-corrected chi connectivity index (χ0v) is 23.3. The van der Waals surface area contributed by atoms with Gasteiger partial charge in [0.25, 0.3) is 10.5 Å². The van der Waals surface area contributed by atoms with Gasteiger partial charge in [-0.1, -0.05) is 0 Å². The molecular formula is C29H34Cl2O8. The Kier molecular flexibility index (Phi) is 15.7. The van der Waals surface area contributed by atoms with Crippen molar-refractivity contribution in [3.05, 3.63) is 59.7 Å². The summed E-state index contributed by atoms with van der Waals surface area (Å²) in [6.45, 7) is 1.61.